The van der Waals surface area contributed by atoms with E-state index in [0.717, 1.165) is 65.1 Å². The monoisotopic (exact) mass is 523 g/mol. The van der Waals surface area contributed by atoms with E-state index in [9.17, 15) is 0 Å². The Morgan fingerprint density at radius 3 is 1.50 bits per heavy atom. The first kappa shape index (κ1) is 28.1. The maximum Gasteiger partial charge on any atom is -0.0323 e. The molecule has 0 aromatic heterocycles. The molecule has 8 unspecified atom stereocenters. The molecule has 0 nitrogen and oxygen atoms in total. The highest BCUT2D eigenvalue weighted by Crippen LogP contribution is 2.63. The summed E-state index contributed by atoms with van der Waals surface area (Å²) in [5.74, 6) is 12.3. The lowest BCUT2D eigenvalue weighted by Crippen LogP contribution is -2.54. The van der Waals surface area contributed by atoms with E-state index < -0.39 is 0 Å². The van der Waals surface area contributed by atoms with Crippen molar-refractivity contribution in [3.63, 3.8) is 0 Å². The van der Waals surface area contributed by atoms with Crippen LogP contribution in [-0.4, -0.2) is 0 Å². The van der Waals surface area contributed by atoms with Gasteiger partial charge in [-0.15, -0.1) is 0 Å². The zero-order chi connectivity index (χ0) is 25.7. The first-order chi connectivity index (χ1) is 18.8. The molecule has 6 saturated carbocycles. The van der Waals surface area contributed by atoms with Crippen molar-refractivity contribution in [2.24, 2.45) is 65.1 Å². The van der Waals surface area contributed by atoms with Gasteiger partial charge in [0.05, 0.1) is 0 Å². The molecule has 0 aromatic rings. The molecule has 0 aliphatic heterocycles. The van der Waals surface area contributed by atoms with Crippen molar-refractivity contribution in [3.05, 3.63) is 0 Å². The van der Waals surface area contributed by atoms with Crippen LogP contribution in [0.1, 0.15) is 174 Å². The van der Waals surface area contributed by atoms with Gasteiger partial charge >= 0.3 is 0 Å². The quantitative estimate of drug-likeness (QED) is 0.278. The lowest BCUT2D eigenvalue weighted by atomic mass is 9.44. The van der Waals surface area contributed by atoms with Gasteiger partial charge in [-0.05, 0) is 104 Å². The van der Waals surface area contributed by atoms with Gasteiger partial charge < -0.3 is 0 Å². The van der Waals surface area contributed by atoms with E-state index in [1.807, 2.05) is 0 Å². The fourth-order valence-corrected chi connectivity index (χ4v) is 12.8. The van der Waals surface area contributed by atoms with Crippen LogP contribution in [0.4, 0.5) is 0 Å². The summed E-state index contributed by atoms with van der Waals surface area (Å²) in [4.78, 5) is 0. The average Bonchev–Trinajstić information content (AvgIpc) is 2.98. The second kappa shape index (κ2) is 13.8. The fraction of sp³-hybridized carbons (Fsp3) is 1.00. The number of fused-ring (bicyclic) bond motifs is 2. The van der Waals surface area contributed by atoms with Crippen molar-refractivity contribution >= 4 is 0 Å². The zero-order valence-electron chi connectivity index (χ0n) is 25.7. The molecule has 8 atom stereocenters. The molecule has 38 heavy (non-hydrogen) atoms. The predicted molar refractivity (Wildman–Crippen MR) is 164 cm³/mol. The maximum atomic E-state index is 2.37. The third-order valence-corrected chi connectivity index (χ3v) is 14.2. The largest absolute Gasteiger partial charge is 0.0654 e. The summed E-state index contributed by atoms with van der Waals surface area (Å²) in [5.41, 5.74) is 0. The Labute approximate surface area is 238 Å². The second-order valence-electron chi connectivity index (χ2n) is 16.1. The molecule has 6 rings (SSSR count). The Hall–Kier alpha value is 0. The molecule has 0 amide bonds. The van der Waals surface area contributed by atoms with Gasteiger partial charge in [-0.2, -0.15) is 0 Å². The van der Waals surface area contributed by atoms with E-state index in [4.69, 9.17) is 0 Å². The molecule has 0 heterocycles. The smallest absolute Gasteiger partial charge is 0.0323 e. The summed E-state index contributed by atoms with van der Waals surface area (Å²) in [5, 5.41) is 0. The number of hydrogen-bond acceptors (Lipinski definition) is 0. The average molecular weight is 523 g/mol. The van der Waals surface area contributed by atoms with E-state index in [2.05, 4.69) is 6.92 Å². The lowest BCUT2D eigenvalue weighted by molar-refractivity contribution is -0.118. The highest BCUT2D eigenvalue weighted by molar-refractivity contribution is 5.04. The summed E-state index contributed by atoms with van der Waals surface area (Å²) in [7, 11) is 0. The van der Waals surface area contributed by atoms with E-state index in [1.54, 1.807) is 135 Å². The van der Waals surface area contributed by atoms with Crippen LogP contribution in [0.3, 0.4) is 0 Å². The van der Waals surface area contributed by atoms with Crippen LogP contribution in [0.25, 0.3) is 0 Å². The normalized spacial score (nSPS) is 44.8. The summed E-state index contributed by atoms with van der Waals surface area (Å²) in [6.45, 7) is 2.37. The molecule has 218 valence electrons. The van der Waals surface area contributed by atoms with E-state index >= 15 is 0 Å². The maximum absolute atomic E-state index is 2.37. The van der Waals surface area contributed by atoms with E-state index in [0.29, 0.717) is 0 Å². The molecule has 0 N–H and O–H groups in total. The molecule has 0 aromatic carbocycles. The third kappa shape index (κ3) is 6.25. The van der Waals surface area contributed by atoms with Crippen LogP contribution in [0.5, 0.6) is 0 Å². The minimum atomic E-state index is 1.09. The first-order valence-corrected chi connectivity index (χ1v) is 18.8. The number of hydrogen-bond donors (Lipinski definition) is 0. The molecule has 0 heteroatoms. The third-order valence-electron chi connectivity index (χ3n) is 14.2. The molecule has 0 saturated heterocycles. The van der Waals surface area contributed by atoms with Gasteiger partial charge in [0.2, 0.25) is 0 Å². The van der Waals surface area contributed by atoms with E-state index in [-0.39, 0.29) is 0 Å². The molecule has 6 aliphatic rings. The lowest BCUT2D eigenvalue weighted by Gasteiger charge is -2.60. The van der Waals surface area contributed by atoms with Crippen LogP contribution < -0.4 is 0 Å². The van der Waals surface area contributed by atoms with Gasteiger partial charge in [-0.1, -0.05) is 135 Å². The van der Waals surface area contributed by atoms with Crippen LogP contribution in [0.2, 0.25) is 0 Å². The van der Waals surface area contributed by atoms with E-state index in [1.165, 1.54) is 32.1 Å². The Balaban J connectivity index is 1.19. The SMILES string of the molecule is CCCCCCC1CCCC(C2C3CCCCC3C(C3CCCC(C4CCCCC4)C3)C3CCCCC32)C1. The van der Waals surface area contributed by atoms with Gasteiger partial charge in [-0.25, -0.2) is 0 Å². The fourth-order valence-electron chi connectivity index (χ4n) is 12.8. The Bertz CT molecular complexity index is 664. The molecule has 0 radical (unpaired) electrons. The van der Waals surface area contributed by atoms with Crippen molar-refractivity contribution in [2.45, 2.75) is 174 Å². The van der Waals surface area contributed by atoms with Crippen LogP contribution >= 0.6 is 0 Å². The van der Waals surface area contributed by atoms with Gasteiger partial charge in [0, 0.05) is 0 Å². The van der Waals surface area contributed by atoms with Crippen LogP contribution in [0.15, 0.2) is 0 Å². The highest BCUT2D eigenvalue weighted by Gasteiger charge is 2.55. The zero-order valence-corrected chi connectivity index (χ0v) is 25.7. The van der Waals surface area contributed by atoms with Gasteiger partial charge in [-0.3, -0.25) is 0 Å². The minimum absolute atomic E-state index is 1.09. The van der Waals surface area contributed by atoms with Gasteiger partial charge in [0.1, 0.15) is 0 Å². The summed E-state index contributed by atoms with van der Waals surface area (Å²) < 4.78 is 0. The molecular weight excluding hydrogens is 456 g/mol. The summed E-state index contributed by atoms with van der Waals surface area (Å²) in [6.07, 6.45) is 40.9. The summed E-state index contributed by atoms with van der Waals surface area (Å²) in [6, 6.07) is 0. The van der Waals surface area contributed by atoms with Crippen molar-refractivity contribution in [1.29, 1.82) is 0 Å². The standard InChI is InChI=1S/C38H66/c1-2-3-4-6-15-28-16-13-20-31(26-28)37-33-22-9-11-24-35(33)38(36-25-12-10-23-34(36)37)32-21-14-19-30(27-32)29-17-7-5-8-18-29/h28-38H,2-27H2,1H3. The van der Waals surface area contributed by atoms with Crippen molar-refractivity contribution < 1.29 is 0 Å². The molecule has 0 spiro atoms. The molecule has 6 fully saturated rings. The second-order valence-corrected chi connectivity index (χ2v) is 16.1. The van der Waals surface area contributed by atoms with Gasteiger partial charge in [0.15, 0.2) is 0 Å². The molecule has 0 bridgehead atoms. The number of rotatable bonds is 8. The predicted octanol–water partition coefficient (Wildman–Crippen LogP) is 12.0. The number of unbranched alkanes of at least 4 members (excludes halogenated alkanes) is 3. The highest BCUT2D eigenvalue weighted by atomic mass is 14.6. The van der Waals surface area contributed by atoms with Gasteiger partial charge in [0.25, 0.3) is 0 Å². The van der Waals surface area contributed by atoms with Crippen molar-refractivity contribution in [1.82, 2.24) is 0 Å². The molecule has 6 aliphatic carbocycles. The first-order valence-electron chi connectivity index (χ1n) is 18.8. The Morgan fingerprint density at radius 1 is 0.395 bits per heavy atom. The van der Waals surface area contributed by atoms with Crippen molar-refractivity contribution in [3.8, 4) is 0 Å². The summed E-state index contributed by atoms with van der Waals surface area (Å²) >= 11 is 0. The topological polar surface area (TPSA) is 0 Å². The Kier molecular flexibility index (Phi) is 10.2. The Morgan fingerprint density at radius 2 is 0.895 bits per heavy atom. The molecular formula is C38H66. The minimum Gasteiger partial charge on any atom is -0.0654 e. The van der Waals surface area contributed by atoms with Crippen LogP contribution in [0, 0.1) is 65.1 Å². The van der Waals surface area contributed by atoms with Crippen LogP contribution in [-0.2, 0) is 0 Å². The van der Waals surface area contributed by atoms with Crippen molar-refractivity contribution in [2.75, 3.05) is 0 Å².